The number of hydrazone groups is 1. The zero-order chi connectivity index (χ0) is 12.3. The van der Waals surface area contributed by atoms with Crippen LogP contribution >= 0.6 is 24.8 Å². The fourth-order valence-corrected chi connectivity index (χ4v) is 1.40. The Morgan fingerprint density at radius 2 is 2.22 bits per heavy atom. The Labute approximate surface area is 157 Å². The van der Waals surface area contributed by atoms with Crippen molar-refractivity contribution in [3.8, 4) is 0 Å². The van der Waals surface area contributed by atoms with Gasteiger partial charge in [0.15, 0.2) is 4.32 Å². The summed E-state index contributed by atoms with van der Waals surface area (Å²) in [5.74, 6) is -0.406. The van der Waals surface area contributed by atoms with Crippen LogP contribution in [-0.2, 0) is 6.54 Å². The van der Waals surface area contributed by atoms with Gasteiger partial charge in [-0.3, -0.25) is 5.43 Å². The molecule has 0 amide bonds. The Hall–Kier alpha value is -0.0336. The van der Waals surface area contributed by atoms with Crippen LogP contribution in [0.3, 0.4) is 0 Å². The Morgan fingerprint density at radius 1 is 1.50 bits per heavy atom. The van der Waals surface area contributed by atoms with Crippen molar-refractivity contribution < 1.29 is 56.5 Å². The van der Waals surface area contributed by atoms with Crippen LogP contribution in [0.4, 0.5) is 0 Å². The second-order valence-corrected chi connectivity index (χ2v) is 4.32. The van der Waals surface area contributed by atoms with Crippen LogP contribution in [0.2, 0.25) is 0 Å². The van der Waals surface area contributed by atoms with Gasteiger partial charge in [-0.25, -0.2) is 4.68 Å². The van der Waals surface area contributed by atoms with Crippen LogP contribution < -0.4 is 61.9 Å². The maximum atomic E-state index is 11.4. The number of para-hydroxylation sites is 1. The first kappa shape index (κ1) is 16.0. The van der Waals surface area contributed by atoms with Gasteiger partial charge in [0.25, 0.3) is 0 Å². The van der Waals surface area contributed by atoms with Gasteiger partial charge in [-0.2, -0.15) is 5.10 Å². The molecule has 0 radical (unpaired) electrons. The van der Waals surface area contributed by atoms with Crippen LogP contribution in [0.15, 0.2) is 29.4 Å². The molecule has 0 aliphatic rings. The van der Waals surface area contributed by atoms with E-state index in [1.54, 1.807) is 0 Å². The average Bonchev–Trinajstić information content (AvgIpc) is 2.70. The Bertz CT molecular complexity index is 585. The first-order valence-electron chi connectivity index (χ1n) is 4.67. The van der Waals surface area contributed by atoms with E-state index in [9.17, 15) is 5.11 Å². The molecule has 0 atom stereocenters. The van der Waals surface area contributed by atoms with Crippen LogP contribution in [0.1, 0.15) is 0 Å². The average molecular weight is 305 g/mol. The van der Waals surface area contributed by atoms with Gasteiger partial charge in [0.1, 0.15) is 5.52 Å². The van der Waals surface area contributed by atoms with Gasteiger partial charge in [0, 0.05) is 5.90 Å². The summed E-state index contributed by atoms with van der Waals surface area (Å²) in [5.41, 5.74) is 3.83. The van der Waals surface area contributed by atoms with Crippen LogP contribution in [0.25, 0.3) is 11.0 Å². The second-order valence-electron chi connectivity index (χ2n) is 3.16. The van der Waals surface area contributed by atoms with Gasteiger partial charge < -0.3 is 5.11 Å². The summed E-state index contributed by atoms with van der Waals surface area (Å²) in [4.78, 5) is 0. The van der Waals surface area contributed by atoms with E-state index in [1.807, 2.05) is 24.3 Å². The third kappa shape index (κ3) is 4.26. The normalized spacial score (nSPS) is 11.1. The van der Waals surface area contributed by atoms with E-state index >= 15 is 0 Å². The fourth-order valence-electron chi connectivity index (χ4n) is 1.31. The first-order chi connectivity index (χ1) is 8.16. The third-order valence-electron chi connectivity index (χ3n) is 1.98. The van der Waals surface area contributed by atoms with Crippen molar-refractivity contribution in [1.29, 1.82) is 0 Å². The second kappa shape index (κ2) is 7.53. The molecule has 0 aliphatic heterocycles. The van der Waals surface area contributed by atoms with E-state index in [1.165, 1.54) is 4.68 Å². The van der Waals surface area contributed by atoms with Crippen molar-refractivity contribution >= 4 is 46.1 Å². The number of hydrogen-bond donors (Lipinski definition) is 2. The number of benzene rings is 1. The van der Waals surface area contributed by atoms with Crippen molar-refractivity contribution in [3.05, 3.63) is 24.3 Å². The van der Waals surface area contributed by atoms with E-state index in [2.05, 4.69) is 45.7 Å². The predicted octanol–water partition coefficient (Wildman–Crippen LogP) is -3.09. The minimum Gasteiger partial charge on any atom is -0.859 e. The van der Waals surface area contributed by atoms with E-state index in [0.717, 1.165) is 11.0 Å². The molecule has 88 valence electrons. The third-order valence-corrected chi connectivity index (χ3v) is 2.17. The smallest absolute Gasteiger partial charge is 0.859 e. The van der Waals surface area contributed by atoms with E-state index < -0.39 is 5.90 Å². The molecule has 6 nitrogen and oxygen atoms in total. The van der Waals surface area contributed by atoms with Crippen molar-refractivity contribution in [2.75, 3.05) is 0 Å². The summed E-state index contributed by atoms with van der Waals surface area (Å²) >= 11 is 8.40. The summed E-state index contributed by atoms with van der Waals surface area (Å²) < 4.78 is 1.62. The first-order valence-corrected chi connectivity index (χ1v) is 5.53. The zero-order valence-corrected chi connectivity index (χ0v) is 14.4. The van der Waals surface area contributed by atoms with Crippen LogP contribution in [-0.4, -0.2) is 25.2 Å². The van der Waals surface area contributed by atoms with Gasteiger partial charge in [-0.05, 0) is 12.1 Å². The van der Waals surface area contributed by atoms with E-state index in [0.29, 0.717) is 0 Å². The van der Waals surface area contributed by atoms with Gasteiger partial charge in [-0.1, -0.05) is 29.6 Å². The summed E-state index contributed by atoms with van der Waals surface area (Å²) in [6.07, 6.45) is 0. The fraction of sp³-hybridized carbons (Fsp3) is 0.111. The Kier molecular flexibility index (Phi) is 6.70. The summed E-state index contributed by atoms with van der Waals surface area (Å²) in [6, 6.07) is 7.36. The molecular weight excluding hydrogens is 297 g/mol. The maximum Gasteiger partial charge on any atom is 1.00 e. The number of hydrogen-bond acceptors (Lipinski definition) is 5. The molecule has 1 N–H and O–H groups in total. The molecule has 0 fully saturated rings. The molecule has 0 aliphatic carbocycles. The molecular formula is C9H8KN5OS2. The van der Waals surface area contributed by atoms with Gasteiger partial charge in [0.05, 0.1) is 12.1 Å². The van der Waals surface area contributed by atoms with Crippen molar-refractivity contribution in [2.45, 2.75) is 6.54 Å². The van der Waals surface area contributed by atoms with E-state index in [4.69, 9.17) is 0 Å². The largest absolute Gasteiger partial charge is 1.00 e. The van der Waals surface area contributed by atoms with Gasteiger partial charge >= 0.3 is 51.4 Å². The van der Waals surface area contributed by atoms with Gasteiger partial charge in [-0.15, -0.1) is 17.7 Å². The Balaban J connectivity index is 0.00000162. The molecule has 9 heteroatoms. The Morgan fingerprint density at radius 3 is 2.94 bits per heavy atom. The molecule has 1 aromatic carbocycles. The number of nitrogens with zero attached hydrogens (tertiary/aromatic N) is 4. The quantitative estimate of drug-likeness (QED) is 0.157. The number of fused-ring (bicyclic) bond motifs is 1. The molecule has 1 heterocycles. The topological polar surface area (TPSA) is 78.2 Å². The minimum absolute atomic E-state index is 0. The van der Waals surface area contributed by atoms with E-state index in [-0.39, 0.29) is 62.2 Å². The van der Waals surface area contributed by atoms with Crippen LogP contribution in [0.5, 0.6) is 0 Å². The molecule has 18 heavy (non-hydrogen) atoms. The SMILES string of the molecule is [K+].[O-]C(Cn1nnc2ccccc21)=NNC(=S)S. The molecule has 2 rings (SSSR count). The number of thiocarbonyl (C=S) groups is 1. The van der Waals surface area contributed by atoms with Crippen molar-refractivity contribution in [2.24, 2.45) is 5.10 Å². The van der Waals surface area contributed by atoms with Crippen molar-refractivity contribution in [3.63, 3.8) is 0 Å². The van der Waals surface area contributed by atoms with Crippen LogP contribution in [0, 0.1) is 0 Å². The standard InChI is InChI=1S/C9H9N5OS2.K/c15-8(11-12-9(16)17)5-14-7-4-2-1-3-6(7)10-13-14;/h1-4H,5H2,(H,11,15)(H2,12,16,17);/q;+1/p-1. The minimum atomic E-state index is -0.406. The maximum absolute atomic E-state index is 11.4. The zero-order valence-electron chi connectivity index (χ0n) is 9.57. The predicted molar refractivity (Wildman–Crippen MR) is 69.7 cm³/mol. The number of thiol groups is 1. The summed E-state index contributed by atoms with van der Waals surface area (Å²) in [7, 11) is 0. The molecule has 0 unspecified atom stereocenters. The molecule has 2 aromatic rings. The molecule has 0 saturated heterocycles. The number of rotatable bonds is 3. The summed E-state index contributed by atoms with van der Waals surface area (Å²) in [6.45, 7) is 0.00387. The number of nitrogens with one attached hydrogen (secondary N) is 1. The molecule has 1 aromatic heterocycles. The molecule has 0 saturated carbocycles. The number of aromatic nitrogens is 3. The monoisotopic (exact) mass is 305 g/mol. The molecule has 0 bridgehead atoms. The summed E-state index contributed by atoms with van der Waals surface area (Å²) in [5, 5.41) is 22.8. The van der Waals surface area contributed by atoms with Crippen molar-refractivity contribution in [1.82, 2.24) is 20.4 Å². The molecule has 0 spiro atoms. The van der Waals surface area contributed by atoms with Gasteiger partial charge in [0.2, 0.25) is 0 Å².